The molecule has 5 heteroatoms. The average molecular weight is 380 g/mol. The number of aromatic nitrogens is 1. The van der Waals surface area contributed by atoms with Gasteiger partial charge < -0.3 is 5.32 Å². The van der Waals surface area contributed by atoms with E-state index in [0.717, 1.165) is 41.8 Å². The largest absolute Gasteiger partial charge is 0.325 e. The molecule has 0 fully saturated rings. The van der Waals surface area contributed by atoms with Crippen LogP contribution >= 0.6 is 11.8 Å². The highest BCUT2D eigenvalue weighted by Crippen LogP contribution is 2.32. The van der Waals surface area contributed by atoms with Crippen molar-refractivity contribution in [3.8, 4) is 6.07 Å². The van der Waals surface area contributed by atoms with Crippen LogP contribution in [-0.2, 0) is 17.6 Å². The molecule has 27 heavy (non-hydrogen) atoms. The summed E-state index contributed by atoms with van der Waals surface area (Å²) < 4.78 is 0. The molecule has 1 aromatic carbocycles. The van der Waals surface area contributed by atoms with Crippen LogP contribution in [0.3, 0.4) is 0 Å². The van der Waals surface area contributed by atoms with Crippen LogP contribution in [0.4, 0.5) is 5.69 Å². The lowest BCUT2D eigenvalue weighted by molar-refractivity contribution is -0.115. The van der Waals surface area contributed by atoms with Crippen LogP contribution in [0.1, 0.15) is 48.2 Å². The molecule has 1 aromatic heterocycles. The van der Waals surface area contributed by atoms with Crippen LogP contribution in [0, 0.1) is 31.1 Å². The number of aryl methyl sites for hydroxylation is 3. The minimum absolute atomic E-state index is 0.0746. The highest BCUT2D eigenvalue weighted by atomic mass is 32.2. The van der Waals surface area contributed by atoms with Gasteiger partial charge in [-0.3, -0.25) is 4.79 Å². The van der Waals surface area contributed by atoms with Crippen molar-refractivity contribution in [1.82, 2.24) is 4.98 Å². The fraction of sp³-hybridized carbons (Fsp3) is 0.409. The van der Waals surface area contributed by atoms with E-state index < -0.39 is 0 Å². The van der Waals surface area contributed by atoms with E-state index in [1.54, 1.807) is 0 Å². The molecular formula is C22H25N3OS. The van der Waals surface area contributed by atoms with Gasteiger partial charge in [0.1, 0.15) is 11.1 Å². The van der Waals surface area contributed by atoms with Gasteiger partial charge in [0.15, 0.2) is 0 Å². The van der Waals surface area contributed by atoms with Crippen molar-refractivity contribution in [2.45, 2.75) is 57.2 Å². The smallest absolute Gasteiger partial charge is 0.237 e. The first-order chi connectivity index (χ1) is 12.9. The molecule has 1 N–H and O–H groups in total. The highest BCUT2D eigenvalue weighted by molar-refractivity contribution is 8.00. The highest BCUT2D eigenvalue weighted by Gasteiger charge is 2.23. The number of carbonyl (C=O) groups excluding carboxylic acids is 1. The van der Waals surface area contributed by atoms with E-state index in [2.05, 4.69) is 18.3 Å². The molecular weight excluding hydrogens is 354 g/mol. The summed E-state index contributed by atoms with van der Waals surface area (Å²) in [6.07, 6.45) is 3.04. The van der Waals surface area contributed by atoms with Crippen molar-refractivity contribution in [3.63, 3.8) is 0 Å². The Morgan fingerprint density at radius 1 is 1.37 bits per heavy atom. The monoisotopic (exact) mass is 379 g/mol. The van der Waals surface area contributed by atoms with Gasteiger partial charge in [0.25, 0.3) is 0 Å². The second-order valence-corrected chi connectivity index (χ2v) is 8.75. The fourth-order valence-corrected chi connectivity index (χ4v) is 4.35. The zero-order valence-corrected chi connectivity index (χ0v) is 17.1. The summed E-state index contributed by atoms with van der Waals surface area (Å²) in [6.45, 7) is 8.07. The van der Waals surface area contributed by atoms with Gasteiger partial charge in [-0.2, -0.15) is 5.26 Å². The number of pyridine rings is 1. The number of nitrogens with zero attached hydrogens (tertiary/aromatic N) is 2. The van der Waals surface area contributed by atoms with E-state index in [-0.39, 0.29) is 11.2 Å². The minimum atomic E-state index is -0.343. The SMILES string of the molecule is Cc1cccc(C)c1NC(=O)C(C)Sc1nc2c(cc1C#N)CC(C)CC2. The molecule has 3 rings (SSSR count). The van der Waals surface area contributed by atoms with Gasteiger partial charge in [-0.05, 0) is 68.7 Å². The maximum atomic E-state index is 12.7. The van der Waals surface area contributed by atoms with E-state index in [0.29, 0.717) is 16.5 Å². The number of nitrogens with one attached hydrogen (secondary N) is 1. The van der Waals surface area contributed by atoms with E-state index in [9.17, 15) is 10.1 Å². The van der Waals surface area contributed by atoms with Crippen molar-refractivity contribution in [2.75, 3.05) is 5.32 Å². The maximum Gasteiger partial charge on any atom is 0.237 e. The summed E-state index contributed by atoms with van der Waals surface area (Å²) >= 11 is 1.36. The van der Waals surface area contributed by atoms with Crippen LogP contribution < -0.4 is 5.32 Å². The maximum absolute atomic E-state index is 12.7. The zero-order valence-electron chi connectivity index (χ0n) is 16.3. The number of thioether (sulfide) groups is 1. The van der Waals surface area contributed by atoms with Crippen molar-refractivity contribution < 1.29 is 4.79 Å². The van der Waals surface area contributed by atoms with Gasteiger partial charge in [-0.1, -0.05) is 36.9 Å². The fourth-order valence-electron chi connectivity index (χ4n) is 3.46. The quantitative estimate of drug-likeness (QED) is 0.774. The first kappa shape index (κ1) is 19.4. The van der Waals surface area contributed by atoms with E-state index in [1.807, 2.05) is 45.0 Å². The first-order valence-electron chi connectivity index (χ1n) is 9.35. The number of benzene rings is 1. The molecule has 1 aliphatic rings. The van der Waals surface area contributed by atoms with Crippen molar-refractivity contribution >= 4 is 23.4 Å². The van der Waals surface area contributed by atoms with E-state index in [4.69, 9.17) is 4.98 Å². The van der Waals surface area contributed by atoms with Crippen LogP contribution in [0.2, 0.25) is 0 Å². The lowest BCUT2D eigenvalue weighted by Gasteiger charge is -2.22. The Bertz CT molecular complexity index is 896. The third-order valence-corrected chi connectivity index (χ3v) is 6.21. The molecule has 0 aliphatic heterocycles. The summed E-state index contributed by atoms with van der Waals surface area (Å²) in [5.74, 6) is 0.556. The number of rotatable bonds is 4. The van der Waals surface area contributed by atoms with E-state index >= 15 is 0 Å². The van der Waals surface area contributed by atoms with Gasteiger partial charge in [0, 0.05) is 11.4 Å². The standard InChI is InChI=1S/C22H25N3OS/c1-13-8-9-19-17(10-13)11-18(12-23)22(24-19)27-16(4)21(26)25-20-14(2)6-5-7-15(20)3/h5-7,11,13,16H,8-10H2,1-4H3,(H,25,26). The number of anilines is 1. The number of nitriles is 1. The number of hydrogen-bond acceptors (Lipinski definition) is 4. The number of hydrogen-bond donors (Lipinski definition) is 1. The minimum Gasteiger partial charge on any atom is -0.325 e. The lowest BCUT2D eigenvalue weighted by Crippen LogP contribution is -2.24. The molecule has 2 aromatic rings. The molecule has 1 heterocycles. The summed E-state index contributed by atoms with van der Waals surface area (Å²) in [7, 11) is 0. The topological polar surface area (TPSA) is 65.8 Å². The molecule has 0 radical (unpaired) electrons. The summed E-state index contributed by atoms with van der Waals surface area (Å²) in [5.41, 5.74) is 5.78. The summed E-state index contributed by atoms with van der Waals surface area (Å²) in [5, 5.41) is 12.9. The van der Waals surface area contributed by atoms with Gasteiger partial charge in [-0.15, -0.1) is 0 Å². The molecule has 0 saturated heterocycles. The van der Waals surface area contributed by atoms with Gasteiger partial charge in [0.05, 0.1) is 10.8 Å². The lowest BCUT2D eigenvalue weighted by atomic mass is 9.87. The normalized spacial score (nSPS) is 16.9. The summed E-state index contributed by atoms with van der Waals surface area (Å²) in [6, 6.07) is 10.2. The molecule has 2 atom stereocenters. The van der Waals surface area contributed by atoms with Crippen LogP contribution in [0.15, 0.2) is 29.3 Å². The molecule has 4 nitrogen and oxygen atoms in total. The van der Waals surface area contributed by atoms with E-state index in [1.165, 1.54) is 17.3 Å². The molecule has 1 amide bonds. The van der Waals surface area contributed by atoms with Gasteiger partial charge >= 0.3 is 0 Å². The number of amides is 1. The van der Waals surface area contributed by atoms with Gasteiger partial charge in [-0.25, -0.2) is 4.98 Å². The molecule has 1 aliphatic carbocycles. The van der Waals surface area contributed by atoms with Crippen LogP contribution in [0.5, 0.6) is 0 Å². The molecule has 0 spiro atoms. The second kappa shape index (κ2) is 8.14. The predicted octanol–water partition coefficient (Wildman–Crippen LogP) is 4.81. The third kappa shape index (κ3) is 4.33. The predicted molar refractivity (Wildman–Crippen MR) is 110 cm³/mol. The van der Waals surface area contributed by atoms with Crippen LogP contribution in [-0.4, -0.2) is 16.1 Å². The number of carbonyl (C=O) groups is 1. The Balaban J connectivity index is 1.78. The Labute approximate surface area is 165 Å². The molecule has 0 bridgehead atoms. The molecule has 2 unspecified atom stereocenters. The van der Waals surface area contributed by atoms with Crippen LogP contribution in [0.25, 0.3) is 0 Å². The molecule has 140 valence electrons. The second-order valence-electron chi connectivity index (χ2n) is 7.42. The van der Waals surface area contributed by atoms with Crippen molar-refractivity contribution in [2.24, 2.45) is 5.92 Å². The third-order valence-electron chi connectivity index (χ3n) is 5.11. The number of fused-ring (bicyclic) bond motifs is 1. The first-order valence-corrected chi connectivity index (χ1v) is 10.2. The molecule has 0 saturated carbocycles. The van der Waals surface area contributed by atoms with Crippen molar-refractivity contribution in [3.05, 3.63) is 52.2 Å². The number of para-hydroxylation sites is 1. The van der Waals surface area contributed by atoms with Crippen molar-refractivity contribution in [1.29, 1.82) is 5.26 Å². The zero-order chi connectivity index (χ0) is 19.6. The Morgan fingerprint density at radius 3 is 2.74 bits per heavy atom. The Morgan fingerprint density at radius 2 is 2.07 bits per heavy atom. The Hall–Kier alpha value is -2.32. The van der Waals surface area contributed by atoms with Gasteiger partial charge in [0.2, 0.25) is 5.91 Å². The average Bonchev–Trinajstić information content (AvgIpc) is 2.64. The Kier molecular flexibility index (Phi) is 5.86. The summed E-state index contributed by atoms with van der Waals surface area (Å²) in [4.78, 5) is 17.5.